The minimum atomic E-state index is -0.454. The number of imidazole rings is 1. The maximum Gasteiger partial charge on any atom is 0.288 e. The lowest BCUT2D eigenvalue weighted by Crippen LogP contribution is -2.41. The van der Waals surface area contributed by atoms with Gasteiger partial charge in [0, 0.05) is 19.0 Å². The standard InChI is InChI=1S/C30H30N6O2/c1-3-4-16-32-30-33-19-28(29(38)35-34-21(2)37)36(30)20-22-10-12-24(13-11-22)27-17-25(14-15-26(27)18-31)23-8-6-5-7-9-23/h5-15,17,19H,3-4,16,20H2,1-2H3,(H,32,33)(H,34,37)(H,35,38). The van der Waals surface area contributed by atoms with Gasteiger partial charge in [0.25, 0.3) is 5.91 Å². The topological polar surface area (TPSA) is 112 Å². The van der Waals surface area contributed by atoms with Crippen LogP contribution >= 0.6 is 0 Å². The zero-order valence-electron chi connectivity index (χ0n) is 21.5. The van der Waals surface area contributed by atoms with Gasteiger partial charge in [0.1, 0.15) is 5.69 Å². The largest absolute Gasteiger partial charge is 0.356 e. The van der Waals surface area contributed by atoms with Crippen LogP contribution in [-0.2, 0) is 11.3 Å². The van der Waals surface area contributed by atoms with Crippen molar-refractivity contribution in [2.24, 2.45) is 0 Å². The van der Waals surface area contributed by atoms with Gasteiger partial charge < -0.3 is 9.88 Å². The number of hydrogen-bond donors (Lipinski definition) is 3. The van der Waals surface area contributed by atoms with E-state index in [1.54, 1.807) is 4.57 Å². The van der Waals surface area contributed by atoms with Crippen LogP contribution in [0.3, 0.4) is 0 Å². The predicted octanol–water partition coefficient (Wildman–Crippen LogP) is 5.13. The van der Waals surface area contributed by atoms with Crippen LogP contribution in [0.25, 0.3) is 22.3 Å². The summed E-state index contributed by atoms with van der Waals surface area (Å²) in [5.41, 5.74) is 10.5. The minimum absolute atomic E-state index is 0.323. The highest BCUT2D eigenvalue weighted by Gasteiger charge is 2.17. The second-order valence-corrected chi connectivity index (χ2v) is 8.90. The number of nitrogens with one attached hydrogen (secondary N) is 3. The predicted molar refractivity (Wildman–Crippen MR) is 148 cm³/mol. The molecule has 192 valence electrons. The fraction of sp³-hybridized carbons (Fsp3) is 0.200. The molecule has 0 bridgehead atoms. The molecule has 4 aromatic rings. The fourth-order valence-corrected chi connectivity index (χ4v) is 4.11. The van der Waals surface area contributed by atoms with Gasteiger partial charge in [-0.15, -0.1) is 0 Å². The van der Waals surface area contributed by atoms with Gasteiger partial charge in [-0.2, -0.15) is 5.26 Å². The number of hydrazine groups is 1. The highest BCUT2D eigenvalue weighted by atomic mass is 16.2. The molecule has 0 aliphatic carbocycles. The molecule has 1 heterocycles. The van der Waals surface area contributed by atoms with Crippen LogP contribution in [0.2, 0.25) is 0 Å². The van der Waals surface area contributed by atoms with E-state index in [1.165, 1.54) is 13.1 Å². The first kappa shape index (κ1) is 26.2. The second-order valence-electron chi connectivity index (χ2n) is 8.90. The van der Waals surface area contributed by atoms with Crippen LogP contribution in [0, 0.1) is 11.3 Å². The molecule has 0 spiro atoms. The van der Waals surface area contributed by atoms with Crippen molar-refractivity contribution in [3.05, 3.63) is 95.8 Å². The molecule has 38 heavy (non-hydrogen) atoms. The average Bonchev–Trinajstić information content (AvgIpc) is 3.34. The minimum Gasteiger partial charge on any atom is -0.356 e. The van der Waals surface area contributed by atoms with Crippen molar-refractivity contribution in [2.75, 3.05) is 11.9 Å². The van der Waals surface area contributed by atoms with Crippen LogP contribution < -0.4 is 16.2 Å². The third-order valence-corrected chi connectivity index (χ3v) is 6.11. The maximum atomic E-state index is 12.7. The number of nitrogens with zero attached hydrogens (tertiary/aromatic N) is 3. The Kier molecular flexibility index (Phi) is 8.52. The molecule has 4 rings (SSSR count). The van der Waals surface area contributed by atoms with E-state index in [0.717, 1.165) is 47.2 Å². The molecule has 3 aromatic carbocycles. The van der Waals surface area contributed by atoms with Crippen molar-refractivity contribution in [1.82, 2.24) is 20.4 Å². The smallest absolute Gasteiger partial charge is 0.288 e. The van der Waals surface area contributed by atoms with Gasteiger partial charge in [-0.05, 0) is 40.8 Å². The van der Waals surface area contributed by atoms with E-state index in [2.05, 4.69) is 34.1 Å². The number of unbranched alkanes of at least 4 members (excludes halogenated alkanes) is 1. The quantitative estimate of drug-likeness (QED) is 0.215. The molecule has 0 saturated carbocycles. The average molecular weight is 507 g/mol. The lowest BCUT2D eigenvalue weighted by Gasteiger charge is -2.14. The van der Waals surface area contributed by atoms with E-state index in [1.807, 2.05) is 72.8 Å². The van der Waals surface area contributed by atoms with Crippen LogP contribution in [0.4, 0.5) is 5.95 Å². The number of benzene rings is 3. The number of anilines is 1. The number of hydrogen-bond acceptors (Lipinski definition) is 5. The Morgan fingerprint density at radius 3 is 2.37 bits per heavy atom. The summed E-state index contributed by atoms with van der Waals surface area (Å²) in [6.07, 6.45) is 3.49. The third-order valence-electron chi connectivity index (χ3n) is 6.11. The number of rotatable bonds is 9. The molecular weight excluding hydrogens is 476 g/mol. The molecule has 0 fully saturated rings. The summed E-state index contributed by atoms with van der Waals surface area (Å²) in [7, 11) is 0. The van der Waals surface area contributed by atoms with Gasteiger partial charge in [-0.25, -0.2) is 4.98 Å². The summed E-state index contributed by atoms with van der Waals surface area (Å²) in [5.74, 6) is -0.239. The van der Waals surface area contributed by atoms with E-state index in [9.17, 15) is 14.9 Å². The first-order valence-electron chi connectivity index (χ1n) is 12.6. The van der Waals surface area contributed by atoms with Gasteiger partial charge >= 0.3 is 0 Å². The normalized spacial score (nSPS) is 10.4. The summed E-state index contributed by atoms with van der Waals surface area (Å²) in [5, 5.41) is 13.0. The van der Waals surface area contributed by atoms with E-state index >= 15 is 0 Å². The van der Waals surface area contributed by atoms with Crippen molar-refractivity contribution >= 4 is 17.8 Å². The molecule has 8 nitrogen and oxygen atoms in total. The lowest BCUT2D eigenvalue weighted by atomic mass is 9.94. The Labute approximate surface area is 222 Å². The first-order valence-corrected chi connectivity index (χ1v) is 12.6. The Morgan fingerprint density at radius 1 is 0.947 bits per heavy atom. The third kappa shape index (κ3) is 6.26. The number of carbonyl (C=O) groups is 2. The van der Waals surface area contributed by atoms with Crippen molar-refractivity contribution in [3.63, 3.8) is 0 Å². The summed E-state index contributed by atoms with van der Waals surface area (Å²) in [6, 6.07) is 26.2. The Hall–Kier alpha value is -4.90. The van der Waals surface area contributed by atoms with Crippen LogP contribution in [0.5, 0.6) is 0 Å². The summed E-state index contributed by atoms with van der Waals surface area (Å²) in [4.78, 5) is 28.4. The molecule has 3 N–H and O–H groups in total. The van der Waals surface area contributed by atoms with Crippen LogP contribution in [0.1, 0.15) is 48.3 Å². The number of carbonyl (C=O) groups excluding carboxylic acids is 2. The number of nitriles is 1. The van der Waals surface area contributed by atoms with Crippen molar-refractivity contribution < 1.29 is 9.59 Å². The summed E-state index contributed by atoms with van der Waals surface area (Å²) in [6.45, 7) is 4.56. The fourth-order valence-electron chi connectivity index (χ4n) is 4.11. The van der Waals surface area contributed by atoms with E-state index < -0.39 is 5.91 Å². The second kappa shape index (κ2) is 12.4. The van der Waals surface area contributed by atoms with E-state index in [-0.39, 0.29) is 5.91 Å². The molecule has 2 amide bonds. The van der Waals surface area contributed by atoms with Gasteiger partial charge in [-0.1, -0.05) is 74.0 Å². The van der Waals surface area contributed by atoms with E-state index in [0.29, 0.717) is 23.8 Å². The Balaban J connectivity index is 1.61. The number of amides is 2. The monoisotopic (exact) mass is 506 g/mol. The number of aromatic nitrogens is 2. The van der Waals surface area contributed by atoms with Crippen LogP contribution in [-0.4, -0.2) is 27.9 Å². The van der Waals surface area contributed by atoms with Crippen LogP contribution in [0.15, 0.2) is 79.0 Å². The molecule has 0 unspecified atom stereocenters. The molecule has 1 aromatic heterocycles. The van der Waals surface area contributed by atoms with Gasteiger partial charge in [0.15, 0.2) is 0 Å². The van der Waals surface area contributed by atoms with E-state index in [4.69, 9.17) is 0 Å². The molecular formula is C30H30N6O2. The molecule has 0 aliphatic rings. The zero-order valence-corrected chi connectivity index (χ0v) is 21.5. The molecule has 0 radical (unpaired) electrons. The highest BCUT2D eigenvalue weighted by molar-refractivity contribution is 5.94. The summed E-state index contributed by atoms with van der Waals surface area (Å²) >= 11 is 0. The van der Waals surface area contributed by atoms with Crippen molar-refractivity contribution in [3.8, 4) is 28.3 Å². The molecule has 0 saturated heterocycles. The lowest BCUT2D eigenvalue weighted by molar-refractivity contribution is -0.119. The summed E-state index contributed by atoms with van der Waals surface area (Å²) < 4.78 is 1.79. The molecule has 8 heteroatoms. The van der Waals surface area contributed by atoms with Gasteiger partial charge in [0.2, 0.25) is 11.9 Å². The maximum absolute atomic E-state index is 12.7. The Bertz CT molecular complexity index is 1450. The highest BCUT2D eigenvalue weighted by Crippen LogP contribution is 2.30. The van der Waals surface area contributed by atoms with Crippen molar-refractivity contribution in [1.29, 1.82) is 5.26 Å². The van der Waals surface area contributed by atoms with Crippen molar-refractivity contribution in [2.45, 2.75) is 33.2 Å². The zero-order chi connectivity index (χ0) is 26.9. The molecule has 0 aliphatic heterocycles. The van der Waals surface area contributed by atoms with Gasteiger partial charge in [-0.3, -0.25) is 20.4 Å². The Morgan fingerprint density at radius 2 is 1.68 bits per heavy atom. The first-order chi connectivity index (χ1) is 18.5. The SMILES string of the molecule is CCCCNc1ncc(C(=O)NNC(C)=O)n1Cc1ccc(-c2cc(-c3ccccc3)ccc2C#N)cc1. The molecule has 0 atom stereocenters. The van der Waals surface area contributed by atoms with Gasteiger partial charge in [0.05, 0.1) is 24.4 Å².